The number of ether oxygens (including phenoxy) is 1. The van der Waals surface area contributed by atoms with Crippen LogP contribution in [0.15, 0.2) is 54.6 Å². The molecule has 0 aromatic heterocycles. The van der Waals surface area contributed by atoms with Crippen LogP contribution in [0.25, 0.3) is 6.08 Å². The molecule has 0 spiro atoms. The highest BCUT2D eigenvalue weighted by Crippen LogP contribution is 2.16. The number of likely N-dealkylation sites (tertiary alicyclic amines) is 1. The van der Waals surface area contributed by atoms with Gasteiger partial charge in [0.25, 0.3) is 5.91 Å². The van der Waals surface area contributed by atoms with Crippen LogP contribution in [0.4, 0.5) is 4.39 Å². The van der Waals surface area contributed by atoms with Crippen LogP contribution in [0.5, 0.6) is 5.75 Å². The third kappa shape index (κ3) is 5.76. The molecular weight excluding hydrogens is 387 g/mol. The van der Waals surface area contributed by atoms with Gasteiger partial charge in [-0.1, -0.05) is 24.3 Å². The zero-order valence-corrected chi connectivity index (χ0v) is 16.6. The number of amides is 2. The first kappa shape index (κ1) is 21.2. The normalized spacial score (nSPS) is 14.5. The molecule has 0 aliphatic carbocycles. The number of hydrogen-bond acceptors (Lipinski definition) is 4. The Hall–Kier alpha value is -3.48. The second kappa shape index (κ2) is 9.82. The number of piperidine rings is 1. The van der Waals surface area contributed by atoms with Gasteiger partial charge in [-0.25, -0.2) is 4.39 Å². The Morgan fingerprint density at radius 1 is 1.10 bits per heavy atom. The van der Waals surface area contributed by atoms with E-state index in [0.717, 1.165) is 0 Å². The van der Waals surface area contributed by atoms with Crippen LogP contribution < -0.4 is 10.1 Å². The number of hydrogen-bond donors (Lipinski definition) is 1. The Morgan fingerprint density at radius 2 is 1.83 bits per heavy atom. The number of benzene rings is 2. The summed E-state index contributed by atoms with van der Waals surface area (Å²) in [5.74, 6) is -0.947. The van der Waals surface area contributed by atoms with Crippen LogP contribution in [0.1, 0.15) is 35.7 Å². The average Bonchev–Trinajstić information content (AvgIpc) is 2.73. The number of nitrogens with zero attached hydrogens (tertiary/aromatic N) is 1. The zero-order valence-electron chi connectivity index (χ0n) is 16.6. The minimum Gasteiger partial charge on any atom is -0.427 e. The first-order chi connectivity index (χ1) is 14.4. The first-order valence-corrected chi connectivity index (χ1v) is 9.73. The highest BCUT2D eigenvalue weighted by molar-refractivity contribution is 5.95. The fraction of sp³-hybridized carbons (Fsp3) is 0.261. The molecule has 6 nitrogen and oxygen atoms in total. The van der Waals surface area contributed by atoms with E-state index in [1.165, 1.54) is 31.2 Å². The quantitative estimate of drug-likeness (QED) is 0.467. The molecule has 156 valence electrons. The van der Waals surface area contributed by atoms with E-state index in [0.29, 0.717) is 42.8 Å². The predicted octanol–water partition coefficient (Wildman–Crippen LogP) is 3.19. The molecule has 30 heavy (non-hydrogen) atoms. The van der Waals surface area contributed by atoms with E-state index in [4.69, 9.17) is 4.74 Å². The van der Waals surface area contributed by atoms with E-state index in [2.05, 4.69) is 5.32 Å². The third-order valence-electron chi connectivity index (χ3n) is 4.81. The lowest BCUT2D eigenvalue weighted by Crippen LogP contribution is -2.46. The topological polar surface area (TPSA) is 75.7 Å². The number of carbonyl (C=O) groups is 3. The Labute approximate surface area is 174 Å². The molecule has 0 atom stereocenters. The molecule has 7 heteroatoms. The molecule has 1 N–H and O–H groups in total. The van der Waals surface area contributed by atoms with E-state index in [-0.39, 0.29) is 23.7 Å². The largest absolute Gasteiger partial charge is 0.427 e. The van der Waals surface area contributed by atoms with Crippen molar-refractivity contribution in [1.29, 1.82) is 0 Å². The second-order valence-corrected chi connectivity index (χ2v) is 7.05. The van der Waals surface area contributed by atoms with Crippen molar-refractivity contribution in [2.45, 2.75) is 25.8 Å². The SMILES string of the molecule is CC(=O)Oc1cccc(C(=O)NC2CCN(C(=O)/C=C/c3ccccc3F)CC2)c1. The van der Waals surface area contributed by atoms with Crippen LogP contribution in [0.2, 0.25) is 0 Å². The Kier molecular flexibility index (Phi) is 6.95. The predicted molar refractivity (Wildman–Crippen MR) is 110 cm³/mol. The number of nitrogens with one attached hydrogen (secondary N) is 1. The highest BCUT2D eigenvalue weighted by Gasteiger charge is 2.23. The summed E-state index contributed by atoms with van der Waals surface area (Å²) in [6.07, 6.45) is 4.09. The van der Waals surface area contributed by atoms with Gasteiger partial charge in [-0.05, 0) is 43.2 Å². The summed E-state index contributed by atoms with van der Waals surface area (Å²) in [6, 6.07) is 12.6. The molecule has 0 radical (unpaired) electrons. The van der Waals surface area contributed by atoms with Gasteiger partial charge < -0.3 is 15.0 Å². The molecule has 1 aliphatic rings. The summed E-state index contributed by atoms with van der Waals surface area (Å²) in [7, 11) is 0. The van der Waals surface area contributed by atoms with Gasteiger partial charge in [-0.2, -0.15) is 0 Å². The molecular formula is C23H23FN2O4. The number of rotatable bonds is 5. The Bertz CT molecular complexity index is 965. The van der Waals surface area contributed by atoms with Crippen molar-refractivity contribution in [3.8, 4) is 5.75 Å². The maximum atomic E-state index is 13.6. The van der Waals surface area contributed by atoms with Crippen LogP contribution >= 0.6 is 0 Å². The van der Waals surface area contributed by atoms with E-state index in [1.807, 2.05) is 0 Å². The van der Waals surface area contributed by atoms with Crippen molar-refractivity contribution >= 4 is 23.9 Å². The lowest BCUT2D eigenvalue weighted by atomic mass is 10.0. The van der Waals surface area contributed by atoms with E-state index in [1.54, 1.807) is 41.3 Å². The molecule has 2 aromatic rings. The van der Waals surface area contributed by atoms with Gasteiger partial charge in [-0.15, -0.1) is 0 Å². The third-order valence-corrected chi connectivity index (χ3v) is 4.81. The molecule has 1 fully saturated rings. The van der Waals surface area contributed by atoms with Crippen LogP contribution in [-0.4, -0.2) is 41.8 Å². The Balaban J connectivity index is 1.50. The molecule has 1 heterocycles. The zero-order chi connectivity index (χ0) is 21.5. The lowest BCUT2D eigenvalue weighted by Gasteiger charge is -2.31. The van der Waals surface area contributed by atoms with Gasteiger partial charge in [0.2, 0.25) is 5.91 Å². The summed E-state index contributed by atoms with van der Waals surface area (Å²) in [5.41, 5.74) is 0.768. The molecule has 0 unspecified atom stereocenters. The lowest BCUT2D eigenvalue weighted by molar-refractivity contribution is -0.132. The van der Waals surface area contributed by atoms with Crippen LogP contribution in [0.3, 0.4) is 0 Å². The van der Waals surface area contributed by atoms with Crippen LogP contribution in [0, 0.1) is 5.82 Å². The van der Waals surface area contributed by atoms with Crippen molar-refractivity contribution in [3.05, 3.63) is 71.6 Å². The molecule has 2 amide bonds. The average molecular weight is 410 g/mol. The van der Waals surface area contributed by atoms with Gasteiger partial charge >= 0.3 is 5.97 Å². The summed E-state index contributed by atoms with van der Waals surface area (Å²) < 4.78 is 18.6. The molecule has 2 aromatic carbocycles. The number of esters is 1. The van der Waals surface area contributed by atoms with E-state index < -0.39 is 5.97 Å². The summed E-state index contributed by atoms with van der Waals surface area (Å²) in [4.78, 5) is 37.6. The maximum Gasteiger partial charge on any atom is 0.308 e. The van der Waals surface area contributed by atoms with Crippen molar-refractivity contribution in [2.75, 3.05) is 13.1 Å². The smallest absolute Gasteiger partial charge is 0.308 e. The summed E-state index contributed by atoms with van der Waals surface area (Å²) in [5, 5.41) is 2.96. The number of carbonyl (C=O) groups excluding carboxylic acids is 3. The monoisotopic (exact) mass is 410 g/mol. The van der Waals surface area contributed by atoms with Crippen molar-refractivity contribution in [1.82, 2.24) is 10.2 Å². The van der Waals surface area contributed by atoms with E-state index in [9.17, 15) is 18.8 Å². The highest BCUT2D eigenvalue weighted by atomic mass is 19.1. The van der Waals surface area contributed by atoms with Crippen molar-refractivity contribution in [2.24, 2.45) is 0 Å². The second-order valence-electron chi connectivity index (χ2n) is 7.05. The maximum absolute atomic E-state index is 13.6. The summed E-state index contributed by atoms with van der Waals surface area (Å²) >= 11 is 0. The van der Waals surface area contributed by atoms with Gasteiger partial charge in [0.05, 0.1) is 0 Å². The van der Waals surface area contributed by atoms with Crippen molar-refractivity contribution < 1.29 is 23.5 Å². The number of halogens is 1. The fourth-order valence-corrected chi connectivity index (χ4v) is 3.26. The van der Waals surface area contributed by atoms with E-state index >= 15 is 0 Å². The molecule has 3 rings (SSSR count). The van der Waals surface area contributed by atoms with Gasteiger partial charge in [0.1, 0.15) is 11.6 Å². The standard InChI is InChI=1S/C23H23FN2O4/c1-16(27)30-20-7-4-6-18(15-20)23(29)25-19-11-13-26(14-12-19)22(28)10-9-17-5-2-3-8-21(17)24/h2-10,15,19H,11-14H2,1H3,(H,25,29)/b10-9+. The molecule has 0 bridgehead atoms. The molecule has 1 saturated heterocycles. The van der Waals surface area contributed by atoms with Crippen molar-refractivity contribution in [3.63, 3.8) is 0 Å². The Morgan fingerprint density at radius 3 is 2.53 bits per heavy atom. The van der Waals surface area contributed by atoms with Gasteiger partial charge in [0, 0.05) is 43.3 Å². The fourth-order valence-electron chi connectivity index (χ4n) is 3.26. The minimum absolute atomic E-state index is 0.0607. The van der Waals surface area contributed by atoms with Gasteiger partial charge in [-0.3, -0.25) is 14.4 Å². The summed E-state index contributed by atoms with van der Waals surface area (Å²) in [6.45, 7) is 2.30. The van der Waals surface area contributed by atoms with Gasteiger partial charge in [0.15, 0.2) is 0 Å². The molecule has 1 aliphatic heterocycles. The minimum atomic E-state index is -0.450. The molecule has 0 saturated carbocycles. The van der Waals surface area contributed by atoms with Crippen LogP contribution in [-0.2, 0) is 9.59 Å². The first-order valence-electron chi connectivity index (χ1n) is 9.73.